The number of hydrogen-bond acceptors (Lipinski definition) is 3. The van der Waals surface area contributed by atoms with Crippen LogP contribution in [0.1, 0.15) is 37.7 Å². The molecule has 8 heteroatoms. The third-order valence-electron chi connectivity index (χ3n) is 4.91. The van der Waals surface area contributed by atoms with Gasteiger partial charge in [0.15, 0.2) is 0 Å². The van der Waals surface area contributed by atoms with E-state index in [1.165, 1.54) is 11.4 Å². The molecule has 1 aromatic carbocycles. The van der Waals surface area contributed by atoms with Gasteiger partial charge in [-0.05, 0) is 55.4 Å². The van der Waals surface area contributed by atoms with Crippen molar-refractivity contribution in [3.05, 3.63) is 29.8 Å². The van der Waals surface area contributed by atoms with Crippen LogP contribution in [-0.4, -0.2) is 38.0 Å². The van der Waals surface area contributed by atoms with Crippen molar-refractivity contribution in [1.29, 1.82) is 0 Å². The summed E-state index contributed by atoms with van der Waals surface area (Å²) in [6, 6.07) is 3.60. The Labute approximate surface area is 146 Å². The lowest BCUT2D eigenvalue weighted by Gasteiger charge is -2.30. The van der Waals surface area contributed by atoms with Gasteiger partial charge in [-0.15, -0.1) is 0 Å². The first-order chi connectivity index (χ1) is 11.6. The monoisotopic (exact) mass is 379 g/mol. The summed E-state index contributed by atoms with van der Waals surface area (Å²) >= 11 is 0. The summed E-state index contributed by atoms with van der Waals surface area (Å²) < 4.78 is 64.1. The fourth-order valence-corrected chi connectivity index (χ4v) is 4.59. The Morgan fingerprint density at radius 3 is 2.08 bits per heavy atom. The number of hydrogen-bond donors (Lipinski definition) is 1. The van der Waals surface area contributed by atoms with E-state index in [0.717, 1.165) is 56.4 Å². The topological polar surface area (TPSA) is 57.6 Å². The lowest BCUT2D eigenvalue weighted by atomic mass is 9.81. The van der Waals surface area contributed by atoms with Gasteiger partial charge >= 0.3 is 6.18 Å². The molecule has 1 aromatic rings. The Morgan fingerprint density at radius 1 is 1.08 bits per heavy atom. The second-order valence-corrected chi connectivity index (χ2v) is 8.75. The van der Waals surface area contributed by atoms with Crippen molar-refractivity contribution < 1.29 is 26.7 Å². The summed E-state index contributed by atoms with van der Waals surface area (Å²) in [5.74, 6) is 0.738. The zero-order valence-corrected chi connectivity index (χ0v) is 15.0. The number of aliphatic hydroxyl groups is 1. The van der Waals surface area contributed by atoms with E-state index in [-0.39, 0.29) is 17.4 Å². The Morgan fingerprint density at radius 2 is 1.60 bits per heavy atom. The Hall–Kier alpha value is -1.12. The molecular weight excluding hydrogens is 355 g/mol. The quantitative estimate of drug-likeness (QED) is 0.823. The van der Waals surface area contributed by atoms with Crippen molar-refractivity contribution in [2.75, 3.05) is 20.2 Å². The van der Waals surface area contributed by atoms with E-state index >= 15 is 0 Å². The van der Waals surface area contributed by atoms with Crippen molar-refractivity contribution in [2.24, 2.45) is 11.8 Å². The molecule has 1 saturated carbocycles. The molecule has 0 aliphatic heterocycles. The molecule has 4 nitrogen and oxygen atoms in total. The third kappa shape index (κ3) is 5.18. The second kappa shape index (κ2) is 8.05. The lowest BCUT2D eigenvalue weighted by Crippen LogP contribution is -2.33. The van der Waals surface area contributed by atoms with Crippen LogP contribution in [0.5, 0.6) is 0 Å². The number of aliphatic hydroxyl groups excluding tert-OH is 1. The van der Waals surface area contributed by atoms with Crippen LogP contribution in [0.25, 0.3) is 0 Å². The Balaban J connectivity index is 1.99. The first kappa shape index (κ1) is 20.2. The number of halogens is 3. The van der Waals surface area contributed by atoms with E-state index in [1.54, 1.807) is 0 Å². The predicted octanol–water partition coefficient (Wildman–Crippen LogP) is 3.51. The molecule has 0 bridgehead atoms. The molecule has 0 heterocycles. The van der Waals surface area contributed by atoms with Gasteiger partial charge in [0.25, 0.3) is 0 Å². The first-order valence-corrected chi connectivity index (χ1v) is 9.83. The van der Waals surface area contributed by atoms with Crippen LogP contribution in [0.2, 0.25) is 0 Å². The number of nitrogens with zero attached hydrogens (tertiary/aromatic N) is 1. The normalized spacial score (nSPS) is 22.3. The number of rotatable bonds is 6. The second-order valence-electron chi connectivity index (χ2n) is 6.71. The van der Waals surface area contributed by atoms with Crippen molar-refractivity contribution in [2.45, 2.75) is 43.2 Å². The van der Waals surface area contributed by atoms with Gasteiger partial charge in [-0.25, -0.2) is 12.7 Å². The fraction of sp³-hybridized carbons (Fsp3) is 0.647. The van der Waals surface area contributed by atoms with Crippen LogP contribution >= 0.6 is 0 Å². The fourth-order valence-electron chi connectivity index (χ4n) is 3.34. The molecule has 142 valence electrons. The summed E-state index contributed by atoms with van der Waals surface area (Å²) in [4.78, 5) is -0.128. The van der Waals surface area contributed by atoms with Crippen molar-refractivity contribution in [1.82, 2.24) is 4.31 Å². The smallest absolute Gasteiger partial charge is 0.396 e. The molecule has 0 amide bonds. The largest absolute Gasteiger partial charge is 0.416 e. The van der Waals surface area contributed by atoms with Gasteiger partial charge in [0.2, 0.25) is 10.0 Å². The lowest BCUT2D eigenvalue weighted by molar-refractivity contribution is -0.137. The first-order valence-electron chi connectivity index (χ1n) is 8.39. The highest BCUT2D eigenvalue weighted by Crippen LogP contribution is 2.33. The Bertz CT molecular complexity index is 651. The highest BCUT2D eigenvalue weighted by Gasteiger charge is 2.31. The highest BCUT2D eigenvalue weighted by molar-refractivity contribution is 7.89. The molecular formula is C17H24F3NO3S. The maximum Gasteiger partial charge on any atom is 0.416 e. The zero-order chi connectivity index (χ0) is 18.7. The average molecular weight is 379 g/mol. The average Bonchev–Trinajstić information content (AvgIpc) is 2.56. The van der Waals surface area contributed by atoms with Gasteiger partial charge in [0, 0.05) is 20.2 Å². The van der Waals surface area contributed by atoms with Gasteiger partial charge in [0.1, 0.15) is 0 Å². The van der Waals surface area contributed by atoms with Gasteiger partial charge in [-0.1, -0.05) is 12.8 Å². The summed E-state index contributed by atoms with van der Waals surface area (Å²) in [5.41, 5.74) is -0.865. The maximum absolute atomic E-state index is 12.6. The van der Waals surface area contributed by atoms with Crippen LogP contribution in [0.4, 0.5) is 13.2 Å². The van der Waals surface area contributed by atoms with Crippen LogP contribution in [0, 0.1) is 11.8 Å². The molecule has 1 aliphatic rings. The molecule has 25 heavy (non-hydrogen) atoms. The van der Waals surface area contributed by atoms with Crippen molar-refractivity contribution in [3.63, 3.8) is 0 Å². The molecule has 2 rings (SSSR count). The van der Waals surface area contributed by atoms with E-state index in [2.05, 4.69) is 0 Å². The molecule has 0 unspecified atom stereocenters. The summed E-state index contributed by atoms with van der Waals surface area (Å²) in [7, 11) is -2.33. The number of alkyl halides is 3. The van der Waals surface area contributed by atoms with Gasteiger partial charge in [0.05, 0.1) is 10.5 Å². The van der Waals surface area contributed by atoms with Crippen LogP contribution < -0.4 is 0 Å². The van der Waals surface area contributed by atoms with Crippen LogP contribution in [0.3, 0.4) is 0 Å². The summed E-state index contributed by atoms with van der Waals surface area (Å²) in [6.07, 6.45) is 0.0433. The van der Waals surface area contributed by atoms with E-state index in [4.69, 9.17) is 5.11 Å². The van der Waals surface area contributed by atoms with Crippen LogP contribution in [-0.2, 0) is 16.2 Å². The molecule has 0 atom stereocenters. The van der Waals surface area contributed by atoms with Crippen molar-refractivity contribution >= 4 is 10.0 Å². The van der Waals surface area contributed by atoms with Crippen molar-refractivity contribution in [3.8, 4) is 0 Å². The van der Waals surface area contributed by atoms with Gasteiger partial charge in [-0.2, -0.15) is 13.2 Å². The third-order valence-corrected chi connectivity index (χ3v) is 6.75. The minimum atomic E-state index is -4.48. The Kier molecular flexibility index (Phi) is 6.51. The van der Waals surface area contributed by atoms with E-state index in [1.807, 2.05) is 0 Å². The zero-order valence-electron chi connectivity index (χ0n) is 14.2. The molecule has 0 spiro atoms. The summed E-state index contributed by atoms with van der Waals surface area (Å²) in [6.45, 7) is 0.534. The van der Waals surface area contributed by atoms with Gasteiger partial charge < -0.3 is 5.11 Å². The van der Waals surface area contributed by atoms with Crippen LogP contribution in [0.15, 0.2) is 29.2 Å². The number of benzene rings is 1. The minimum absolute atomic E-state index is 0.128. The van der Waals surface area contributed by atoms with E-state index in [0.29, 0.717) is 12.5 Å². The summed E-state index contributed by atoms with van der Waals surface area (Å²) in [5, 5.41) is 8.97. The van der Waals surface area contributed by atoms with Gasteiger partial charge in [-0.3, -0.25) is 0 Å². The highest BCUT2D eigenvalue weighted by atomic mass is 32.2. The van der Waals surface area contributed by atoms with E-state index in [9.17, 15) is 21.6 Å². The molecule has 1 aliphatic carbocycles. The standard InChI is InChI=1S/C17H24F3NO3S/c1-21(12-14-4-2-13(3-5-14)10-11-22)25(23,24)16-8-6-15(7-9-16)17(18,19)20/h6-9,13-14,22H,2-5,10-12H2,1H3. The minimum Gasteiger partial charge on any atom is -0.396 e. The molecule has 1 fully saturated rings. The molecule has 1 N–H and O–H groups in total. The molecule has 0 radical (unpaired) electrons. The SMILES string of the molecule is CN(CC1CCC(CCO)CC1)S(=O)(=O)c1ccc(C(F)(F)F)cc1. The molecule has 0 aromatic heterocycles. The number of sulfonamides is 1. The molecule has 0 saturated heterocycles. The maximum atomic E-state index is 12.6. The predicted molar refractivity (Wildman–Crippen MR) is 88.4 cm³/mol. The van der Waals surface area contributed by atoms with E-state index < -0.39 is 21.8 Å².